The number of nitrogens with one attached hydrogen (secondary N) is 1. The molecule has 0 saturated carbocycles. The fraction of sp³-hybridized carbons (Fsp3) is 0.270. The highest BCUT2D eigenvalue weighted by Gasteiger charge is 2.40. The SMILES string of the molecule is CC(=O)c1cn(CC(=O)N2CC(F)CC2C(=O)Nc2cccc(-c3ccccc3Cl)c2F)c2ccc(N3CCN(c4ncccn4)CC3)cc12. The minimum Gasteiger partial charge on any atom is -0.368 e. The fourth-order valence-corrected chi connectivity index (χ4v) is 7.03. The summed E-state index contributed by atoms with van der Waals surface area (Å²) in [5, 5.41) is 3.61. The first-order valence-electron chi connectivity index (χ1n) is 16.4. The summed E-state index contributed by atoms with van der Waals surface area (Å²) >= 11 is 6.28. The number of hydrogen-bond donors (Lipinski definition) is 1. The van der Waals surface area contributed by atoms with E-state index in [1.165, 1.54) is 17.9 Å². The van der Waals surface area contributed by atoms with Crippen molar-refractivity contribution in [1.82, 2.24) is 19.4 Å². The Balaban J connectivity index is 1.08. The number of piperazine rings is 1. The molecule has 7 rings (SSSR count). The Bertz CT molecular complexity index is 2080. The standard InChI is InChI=1S/C37H34ClF2N7O3/c1-23(48)29-21-46(32-11-10-25(19-28(29)32)44-14-16-45(17-15-44)37-41-12-5-13-42-37)22-34(49)47-20-24(39)18-33(47)36(50)43-31-9-4-7-27(35(31)40)26-6-2-3-8-30(26)38/h2-13,19,21,24,33H,14-18,20,22H2,1H3,(H,43,50). The molecule has 256 valence electrons. The van der Waals surface area contributed by atoms with E-state index in [-0.39, 0.29) is 36.5 Å². The van der Waals surface area contributed by atoms with Gasteiger partial charge in [-0.15, -0.1) is 0 Å². The second kappa shape index (κ2) is 13.9. The summed E-state index contributed by atoms with van der Waals surface area (Å²) in [5.41, 5.74) is 2.62. The first-order valence-corrected chi connectivity index (χ1v) is 16.7. The van der Waals surface area contributed by atoms with Crippen molar-refractivity contribution in [3.8, 4) is 11.1 Å². The van der Waals surface area contributed by atoms with Gasteiger partial charge in [0, 0.05) is 89.5 Å². The van der Waals surface area contributed by atoms with Gasteiger partial charge in [-0.1, -0.05) is 41.9 Å². The number of amides is 2. The first-order chi connectivity index (χ1) is 24.2. The average molecular weight is 698 g/mol. The number of carbonyl (C=O) groups is 3. The highest BCUT2D eigenvalue weighted by Crippen LogP contribution is 2.34. The summed E-state index contributed by atoms with van der Waals surface area (Å²) in [6.07, 6.45) is 3.43. The molecule has 5 aromatic rings. The molecule has 0 aliphatic carbocycles. The van der Waals surface area contributed by atoms with Crippen molar-refractivity contribution >= 4 is 57.4 Å². The molecule has 10 nitrogen and oxygen atoms in total. The quantitative estimate of drug-likeness (QED) is 0.199. The van der Waals surface area contributed by atoms with Gasteiger partial charge in [-0.05, 0) is 43.3 Å². The highest BCUT2D eigenvalue weighted by atomic mass is 35.5. The highest BCUT2D eigenvalue weighted by molar-refractivity contribution is 6.33. The van der Waals surface area contributed by atoms with Crippen molar-refractivity contribution in [2.24, 2.45) is 0 Å². The van der Waals surface area contributed by atoms with Crippen molar-refractivity contribution in [3.05, 3.63) is 102 Å². The molecule has 2 unspecified atom stereocenters. The molecule has 2 fully saturated rings. The minimum atomic E-state index is -1.43. The molecule has 2 aliphatic rings. The van der Waals surface area contributed by atoms with Crippen LogP contribution in [0.3, 0.4) is 0 Å². The lowest BCUT2D eigenvalue weighted by Crippen LogP contribution is -2.47. The summed E-state index contributed by atoms with van der Waals surface area (Å²) in [6.45, 7) is 3.91. The molecule has 13 heteroatoms. The van der Waals surface area contributed by atoms with Gasteiger partial charge in [0.1, 0.15) is 18.8 Å². The van der Waals surface area contributed by atoms with Crippen molar-refractivity contribution in [3.63, 3.8) is 0 Å². The number of nitrogens with zero attached hydrogens (tertiary/aromatic N) is 6. The monoisotopic (exact) mass is 697 g/mol. The maximum atomic E-state index is 15.6. The van der Waals surface area contributed by atoms with E-state index in [0.29, 0.717) is 33.0 Å². The molecule has 50 heavy (non-hydrogen) atoms. The van der Waals surface area contributed by atoms with E-state index in [1.807, 2.05) is 18.2 Å². The van der Waals surface area contributed by atoms with Crippen molar-refractivity contribution in [1.29, 1.82) is 0 Å². The van der Waals surface area contributed by atoms with E-state index in [0.717, 1.165) is 31.9 Å². The molecule has 2 saturated heterocycles. The first kappa shape index (κ1) is 33.2. The molecule has 0 spiro atoms. The summed E-state index contributed by atoms with van der Waals surface area (Å²) in [5.74, 6) is -1.35. The average Bonchev–Trinajstić information content (AvgIpc) is 3.70. The van der Waals surface area contributed by atoms with Crippen LogP contribution in [0.4, 0.5) is 26.1 Å². The maximum absolute atomic E-state index is 15.6. The summed E-state index contributed by atoms with van der Waals surface area (Å²) in [7, 11) is 0. The molecule has 2 aliphatic heterocycles. The maximum Gasteiger partial charge on any atom is 0.247 e. The van der Waals surface area contributed by atoms with Gasteiger partial charge >= 0.3 is 0 Å². The van der Waals surface area contributed by atoms with Crippen LogP contribution in [0.1, 0.15) is 23.7 Å². The summed E-state index contributed by atoms with van der Waals surface area (Å²) in [4.78, 5) is 54.2. The van der Waals surface area contributed by atoms with Crippen LogP contribution in [0, 0.1) is 5.82 Å². The zero-order valence-electron chi connectivity index (χ0n) is 27.2. The number of aromatic nitrogens is 3. The Hall–Kier alpha value is -5.36. The molecule has 3 aromatic carbocycles. The Morgan fingerprint density at radius 1 is 0.920 bits per heavy atom. The lowest BCUT2D eigenvalue weighted by atomic mass is 10.0. The summed E-state index contributed by atoms with van der Waals surface area (Å²) < 4.78 is 32.1. The third-order valence-corrected chi connectivity index (χ3v) is 9.65. The molecule has 2 amide bonds. The van der Waals surface area contributed by atoms with Gasteiger partial charge in [0.05, 0.1) is 12.2 Å². The zero-order valence-corrected chi connectivity index (χ0v) is 28.0. The van der Waals surface area contributed by atoms with Crippen LogP contribution in [-0.4, -0.2) is 82.0 Å². The normalized spacial score (nSPS) is 17.7. The molecule has 4 heterocycles. The predicted molar refractivity (Wildman–Crippen MR) is 189 cm³/mol. The number of likely N-dealkylation sites (tertiary alicyclic amines) is 1. The van der Waals surface area contributed by atoms with Gasteiger partial charge in [-0.3, -0.25) is 14.4 Å². The van der Waals surface area contributed by atoms with Crippen LogP contribution in [0.5, 0.6) is 0 Å². The van der Waals surface area contributed by atoms with Gasteiger partial charge in [0.2, 0.25) is 17.8 Å². The van der Waals surface area contributed by atoms with Crippen molar-refractivity contribution < 1.29 is 23.2 Å². The molecular formula is C37H34ClF2N7O3. The third-order valence-electron chi connectivity index (χ3n) is 9.32. The largest absolute Gasteiger partial charge is 0.368 e. The molecule has 1 N–H and O–H groups in total. The van der Waals surface area contributed by atoms with Crippen LogP contribution in [0.25, 0.3) is 22.0 Å². The number of rotatable bonds is 8. The number of ketones is 1. The predicted octanol–water partition coefficient (Wildman–Crippen LogP) is 6.00. The van der Waals surface area contributed by atoms with E-state index < -0.39 is 29.8 Å². The number of fused-ring (bicyclic) bond motifs is 1. The van der Waals surface area contributed by atoms with Crippen LogP contribution >= 0.6 is 11.6 Å². The zero-order chi connectivity index (χ0) is 34.9. The Kier molecular flexibility index (Phi) is 9.20. The van der Waals surface area contributed by atoms with Gasteiger partial charge in [0.15, 0.2) is 11.6 Å². The van der Waals surface area contributed by atoms with Crippen molar-refractivity contribution in [2.75, 3.05) is 47.8 Å². The topological polar surface area (TPSA) is 104 Å². The number of hydrogen-bond acceptors (Lipinski definition) is 7. The number of Topliss-reactive ketones (excluding diaryl/α,β-unsaturated/α-hetero) is 1. The second-order valence-electron chi connectivity index (χ2n) is 12.5. The van der Waals surface area contributed by atoms with Crippen molar-refractivity contribution in [2.45, 2.75) is 32.1 Å². The Labute approximate surface area is 292 Å². The fourth-order valence-electron chi connectivity index (χ4n) is 6.79. The van der Waals surface area contributed by atoms with Crippen LogP contribution in [0.15, 0.2) is 85.3 Å². The Morgan fingerprint density at radius 2 is 1.64 bits per heavy atom. The van der Waals surface area contributed by atoms with Gasteiger partial charge in [-0.2, -0.15) is 0 Å². The van der Waals surface area contributed by atoms with Gasteiger partial charge < -0.3 is 24.6 Å². The minimum absolute atomic E-state index is 0.102. The van der Waals surface area contributed by atoms with Gasteiger partial charge in [-0.25, -0.2) is 18.7 Å². The molecule has 0 radical (unpaired) electrons. The van der Waals surface area contributed by atoms with Crippen LogP contribution in [-0.2, 0) is 16.1 Å². The Morgan fingerprint density at radius 3 is 2.38 bits per heavy atom. The number of anilines is 3. The number of benzene rings is 3. The molecular weight excluding hydrogens is 664 g/mol. The smallest absolute Gasteiger partial charge is 0.247 e. The third kappa shape index (κ3) is 6.50. The van der Waals surface area contributed by atoms with E-state index in [1.54, 1.807) is 65.6 Å². The molecule has 0 bridgehead atoms. The van der Waals surface area contributed by atoms with Crippen LogP contribution in [0.2, 0.25) is 5.02 Å². The number of halogens is 3. The lowest BCUT2D eigenvalue weighted by molar-refractivity contribution is -0.137. The number of carbonyl (C=O) groups excluding carboxylic acids is 3. The van der Waals surface area contributed by atoms with E-state index in [9.17, 15) is 18.8 Å². The van der Waals surface area contributed by atoms with E-state index in [4.69, 9.17) is 11.6 Å². The summed E-state index contributed by atoms with van der Waals surface area (Å²) in [6, 6.07) is 17.7. The second-order valence-corrected chi connectivity index (χ2v) is 12.9. The van der Waals surface area contributed by atoms with E-state index in [2.05, 4.69) is 25.1 Å². The number of alkyl halides is 1. The van der Waals surface area contributed by atoms with Crippen LogP contribution < -0.4 is 15.1 Å². The molecule has 2 atom stereocenters. The molecule has 2 aromatic heterocycles. The van der Waals surface area contributed by atoms with Gasteiger partial charge in [0.25, 0.3) is 0 Å². The lowest BCUT2D eigenvalue weighted by Gasteiger charge is -2.36. The van der Waals surface area contributed by atoms with E-state index >= 15 is 4.39 Å².